The zero-order chi connectivity index (χ0) is 13.0. The van der Waals surface area contributed by atoms with E-state index in [1.54, 1.807) is 31.5 Å². The molecule has 0 fully saturated rings. The lowest BCUT2D eigenvalue weighted by atomic mass is 10.2. The average molecular weight is 246 g/mol. The van der Waals surface area contributed by atoms with Crippen LogP contribution in [0.4, 0.5) is 4.39 Å². The van der Waals surface area contributed by atoms with E-state index < -0.39 is 0 Å². The van der Waals surface area contributed by atoms with Gasteiger partial charge in [-0.3, -0.25) is 4.98 Å². The topological polar surface area (TPSA) is 34.2 Å². The normalized spacial score (nSPS) is 10.4. The van der Waals surface area contributed by atoms with Crippen LogP contribution >= 0.6 is 0 Å². The molecule has 18 heavy (non-hydrogen) atoms. The molecular weight excluding hydrogens is 231 g/mol. The van der Waals surface area contributed by atoms with E-state index in [-0.39, 0.29) is 5.82 Å². The highest BCUT2D eigenvalue weighted by atomic mass is 19.1. The van der Waals surface area contributed by atoms with Gasteiger partial charge >= 0.3 is 0 Å². The van der Waals surface area contributed by atoms with Crippen LogP contribution in [0.2, 0.25) is 0 Å². The number of ether oxygens (including phenoxy) is 1. The zero-order valence-electron chi connectivity index (χ0n) is 10.4. The summed E-state index contributed by atoms with van der Waals surface area (Å²) in [5, 5.41) is 3.05. The van der Waals surface area contributed by atoms with Gasteiger partial charge in [-0.15, -0.1) is 0 Å². The third kappa shape index (κ3) is 2.84. The van der Waals surface area contributed by atoms with E-state index in [1.807, 2.05) is 13.1 Å². The van der Waals surface area contributed by atoms with Crippen molar-refractivity contribution in [3.05, 3.63) is 53.6 Å². The van der Waals surface area contributed by atoms with Crippen molar-refractivity contribution < 1.29 is 9.13 Å². The summed E-state index contributed by atoms with van der Waals surface area (Å²) in [6, 6.07) is 6.69. The summed E-state index contributed by atoms with van der Waals surface area (Å²) in [6.45, 7) is 2.39. The maximum absolute atomic E-state index is 13.4. The van der Waals surface area contributed by atoms with E-state index in [9.17, 15) is 4.39 Å². The SMILES string of the molecule is CNCc1ccncc1Oc1ccc(C)c(F)c1. The molecule has 0 amide bonds. The van der Waals surface area contributed by atoms with Gasteiger partial charge in [-0.25, -0.2) is 4.39 Å². The third-order valence-electron chi connectivity index (χ3n) is 2.61. The maximum Gasteiger partial charge on any atom is 0.150 e. The molecule has 1 aromatic heterocycles. The number of aromatic nitrogens is 1. The Kier molecular flexibility index (Phi) is 3.89. The molecule has 3 nitrogen and oxygen atoms in total. The number of rotatable bonds is 4. The first-order valence-corrected chi connectivity index (χ1v) is 5.72. The Morgan fingerprint density at radius 3 is 2.89 bits per heavy atom. The molecule has 0 radical (unpaired) electrons. The Balaban J connectivity index is 2.25. The van der Waals surface area contributed by atoms with Gasteiger partial charge in [0.2, 0.25) is 0 Å². The largest absolute Gasteiger partial charge is 0.455 e. The summed E-state index contributed by atoms with van der Waals surface area (Å²) >= 11 is 0. The van der Waals surface area contributed by atoms with Crippen LogP contribution in [0.5, 0.6) is 11.5 Å². The number of aryl methyl sites for hydroxylation is 1. The smallest absolute Gasteiger partial charge is 0.150 e. The van der Waals surface area contributed by atoms with Crippen LogP contribution in [0.25, 0.3) is 0 Å². The summed E-state index contributed by atoms with van der Waals surface area (Å²) < 4.78 is 19.1. The minimum Gasteiger partial charge on any atom is -0.455 e. The van der Waals surface area contributed by atoms with Gasteiger partial charge in [-0.1, -0.05) is 6.07 Å². The lowest BCUT2D eigenvalue weighted by Gasteiger charge is -2.10. The summed E-state index contributed by atoms with van der Waals surface area (Å²) in [6.07, 6.45) is 3.33. The van der Waals surface area contributed by atoms with Crippen molar-refractivity contribution in [1.82, 2.24) is 10.3 Å². The van der Waals surface area contributed by atoms with Gasteiger partial charge in [0.05, 0.1) is 6.20 Å². The second-order valence-corrected chi connectivity index (χ2v) is 4.03. The van der Waals surface area contributed by atoms with Gasteiger partial charge in [0, 0.05) is 24.4 Å². The molecule has 0 aliphatic heterocycles. The monoisotopic (exact) mass is 246 g/mol. The Bertz CT molecular complexity index is 543. The van der Waals surface area contributed by atoms with Gasteiger partial charge in [-0.2, -0.15) is 0 Å². The molecule has 1 N–H and O–H groups in total. The summed E-state index contributed by atoms with van der Waals surface area (Å²) in [5.41, 5.74) is 1.58. The van der Waals surface area contributed by atoms with E-state index in [0.717, 1.165) is 5.56 Å². The van der Waals surface area contributed by atoms with Crippen LogP contribution in [0.1, 0.15) is 11.1 Å². The van der Waals surface area contributed by atoms with E-state index >= 15 is 0 Å². The van der Waals surface area contributed by atoms with Crippen LogP contribution in [-0.4, -0.2) is 12.0 Å². The number of pyridine rings is 1. The predicted molar refractivity (Wildman–Crippen MR) is 68.2 cm³/mol. The van der Waals surface area contributed by atoms with Crippen LogP contribution in [-0.2, 0) is 6.54 Å². The molecule has 0 saturated heterocycles. The molecule has 94 valence electrons. The Labute approximate surface area is 106 Å². The van der Waals surface area contributed by atoms with Crippen LogP contribution in [0, 0.1) is 12.7 Å². The first-order chi connectivity index (χ1) is 8.70. The molecule has 1 aromatic carbocycles. The highest BCUT2D eigenvalue weighted by Crippen LogP contribution is 2.25. The first kappa shape index (κ1) is 12.5. The fourth-order valence-electron chi connectivity index (χ4n) is 1.60. The predicted octanol–water partition coefficient (Wildman–Crippen LogP) is 3.04. The lowest BCUT2D eigenvalue weighted by Crippen LogP contribution is -2.06. The maximum atomic E-state index is 13.4. The molecule has 0 saturated carbocycles. The van der Waals surface area contributed by atoms with Crippen molar-refractivity contribution in [2.24, 2.45) is 0 Å². The lowest BCUT2D eigenvalue weighted by molar-refractivity contribution is 0.466. The average Bonchev–Trinajstić information content (AvgIpc) is 2.37. The number of hydrogen-bond acceptors (Lipinski definition) is 3. The second-order valence-electron chi connectivity index (χ2n) is 4.03. The first-order valence-electron chi connectivity index (χ1n) is 5.72. The molecule has 0 atom stereocenters. The van der Waals surface area contributed by atoms with Crippen LogP contribution in [0.15, 0.2) is 36.7 Å². The fraction of sp³-hybridized carbons (Fsp3) is 0.214. The molecule has 0 unspecified atom stereocenters. The second kappa shape index (κ2) is 5.60. The van der Waals surface area contributed by atoms with Crippen LogP contribution in [0.3, 0.4) is 0 Å². The number of benzene rings is 1. The van der Waals surface area contributed by atoms with Crippen molar-refractivity contribution in [3.63, 3.8) is 0 Å². The van der Waals surface area contributed by atoms with Crippen molar-refractivity contribution in [1.29, 1.82) is 0 Å². The van der Waals surface area contributed by atoms with Gasteiger partial charge in [-0.05, 0) is 31.7 Å². The quantitative estimate of drug-likeness (QED) is 0.900. The van der Waals surface area contributed by atoms with Crippen molar-refractivity contribution in [2.45, 2.75) is 13.5 Å². The van der Waals surface area contributed by atoms with Gasteiger partial charge < -0.3 is 10.1 Å². The number of hydrogen-bond donors (Lipinski definition) is 1. The Morgan fingerprint density at radius 1 is 1.33 bits per heavy atom. The highest BCUT2D eigenvalue weighted by Gasteiger charge is 2.06. The standard InChI is InChI=1S/C14H15FN2O/c1-10-3-4-12(7-13(10)15)18-14-9-17-6-5-11(14)8-16-2/h3-7,9,16H,8H2,1-2H3. The molecule has 0 spiro atoms. The number of nitrogens with zero attached hydrogens (tertiary/aromatic N) is 1. The molecule has 0 bridgehead atoms. The van der Waals surface area contributed by atoms with E-state index in [0.29, 0.717) is 23.6 Å². The summed E-state index contributed by atoms with van der Waals surface area (Å²) in [7, 11) is 1.86. The van der Waals surface area contributed by atoms with Gasteiger partial charge in [0.25, 0.3) is 0 Å². The number of nitrogens with one attached hydrogen (secondary N) is 1. The molecule has 4 heteroatoms. The van der Waals surface area contributed by atoms with Crippen molar-refractivity contribution in [2.75, 3.05) is 7.05 Å². The zero-order valence-corrected chi connectivity index (χ0v) is 10.4. The molecule has 1 heterocycles. The molecule has 2 aromatic rings. The minimum absolute atomic E-state index is 0.272. The van der Waals surface area contributed by atoms with Gasteiger partial charge in [0.1, 0.15) is 17.3 Å². The molecule has 0 aliphatic carbocycles. The molecule has 0 aliphatic rings. The summed E-state index contributed by atoms with van der Waals surface area (Å²) in [5.74, 6) is 0.838. The third-order valence-corrected chi connectivity index (χ3v) is 2.61. The Morgan fingerprint density at radius 2 is 2.17 bits per heavy atom. The molecule has 2 rings (SSSR count). The van der Waals surface area contributed by atoms with Crippen LogP contribution < -0.4 is 10.1 Å². The van der Waals surface area contributed by atoms with E-state index in [4.69, 9.17) is 4.74 Å². The minimum atomic E-state index is -0.272. The van der Waals surface area contributed by atoms with E-state index in [1.165, 1.54) is 6.07 Å². The number of halogens is 1. The molecular formula is C14H15FN2O. The highest BCUT2D eigenvalue weighted by molar-refractivity contribution is 5.36. The van der Waals surface area contributed by atoms with Gasteiger partial charge in [0.15, 0.2) is 0 Å². The van der Waals surface area contributed by atoms with E-state index in [2.05, 4.69) is 10.3 Å². The Hall–Kier alpha value is -1.94. The van der Waals surface area contributed by atoms with Crippen molar-refractivity contribution in [3.8, 4) is 11.5 Å². The fourth-order valence-corrected chi connectivity index (χ4v) is 1.60. The van der Waals surface area contributed by atoms with Crippen molar-refractivity contribution >= 4 is 0 Å². The summed E-state index contributed by atoms with van der Waals surface area (Å²) in [4.78, 5) is 4.02.